The summed E-state index contributed by atoms with van der Waals surface area (Å²) in [6, 6.07) is 17.8. The van der Waals surface area contributed by atoms with Crippen LogP contribution < -0.4 is 11.1 Å². The SMILES string of the molecule is Nc1c2c(-c3ccc(Cl)cc3)nc(NCCN3CCCCC3)nc2nn1Cc1ccccc1. The number of halogens is 1. The molecule has 0 atom stereocenters. The number of benzene rings is 2. The van der Waals surface area contributed by atoms with Gasteiger partial charge in [0.1, 0.15) is 5.82 Å². The minimum atomic E-state index is 0.554. The maximum absolute atomic E-state index is 6.57. The van der Waals surface area contributed by atoms with Gasteiger partial charge >= 0.3 is 0 Å². The molecule has 3 heterocycles. The Morgan fingerprint density at radius 2 is 1.70 bits per heavy atom. The van der Waals surface area contributed by atoms with Crippen molar-refractivity contribution in [2.45, 2.75) is 25.8 Å². The van der Waals surface area contributed by atoms with Gasteiger partial charge in [0.2, 0.25) is 5.95 Å². The normalized spacial score (nSPS) is 14.6. The molecule has 1 aliphatic rings. The van der Waals surface area contributed by atoms with E-state index in [0.717, 1.165) is 48.4 Å². The predicted molar refractivity (Wildman–Crippen MR) is 135 cm³/mol. The number of anilines is 2. The van der Waals surface area contributed by atoms with E-state index >= 15 is 0 Å². The zero-order valence-corrected chi connectivity index (χ0v) is 19.3. The monoisotopic (exact) mass is 461 g/mol. The van der Waals surface area contributed by atoms with E-state index in [-0.39, 0.29) is 0 Å². The second kappa shape index (κ2) is 9.77. The Balaban J connectivity index is 1.48. The van der Waals surface area contributed by atoms with Crippen LogP contribution in [0.2, 0.25) is 5.02 Å². The zero-order valence-electron chi connectivity index (χ0n) is 18.5. The number of nitrogens with zero attached hydrogens (tertiary/aromatic N) is 5. The molecule has 0 aliphatic carbocycles. The van der Waals surface area contributed by atoms with Gasteiger partial charge in [-0.3, -0.25) is 0 Å². The van der Waals surface area contributed by atoms with E-state index in [0.29, 0.717) is 29.0 Å². The van der Waals surface area contributed by atoms with Crippen LogP contribution >= 0.6 is 11.6 Å². The highest BCUT2D eigenvalue weighted by Crippen LogP contribution is 2.32. The van der Waals surface area contributed by atoms with Crippen molar-refractivity contribution in [1.82, 2.24) is 24.6 Å². The number of fused-ring (bicyclic) bond motifs is 1. The van der Waals surface area contributed by atoms with Crippen molar-refractivity contribution in [1.29, 1.82) is 0 Å². The van der Waals surface area contributed by atoms with Gasteiger partial charge in [0.25, 0.3) is 0 Å². The molecule has 4 aromatic rings. The smallest absolute Gasteiger partial charge is 0.225 e. The number of piperidine rings is 1. The molecule has 5 rings (SSSR count). The first-order valence-corrected chi connectivity index (χ1v) is 11.9. The summed E-state index contributed by atoms with van der Waals surface area (Å²) < 4.78 is 1.80. The largest absolute Gasteiger partial charge is 0.383 e. The van der Waals surface area contributed by atoms with Crippen molar-refractivity contribution in [2.24, 2.45) is 0 Å². The third kappa shape index (κ3) is 4.94. The molecule has 0 spiro atoms. The lowest BCUT2D eigenvalue weighted by molar-refractivity contribution is 0.237. The van der Waals surface area contributed by atoms with E-state index < -0.39 is 0 Å². The lowest BCUT2D eigenvalue weighted by atomic mass is 10.1. The van der Waals surface area contributed by atoms with Gasteiger partial charge in [-0.1, -0.05) is 60.5 Å². The molecule has 1 saturated heterocycles. The minimum Gasteiger partial charge on any atom is -0.383 e. The van der Waals surface area contributed by atoms with Gasteiger partial charge in [-0.15, -0.1) is 5.10 Å². The maximum atomic E-state index is 6.57. The lowest BCUT2D eigenvalue weighted by Gasteiger charge is -2.26. The molecule has 1 aliphatic heterocycles. The number of nitrogens with one attached hydrogen (secondary N) is 1. The maximum Gasteiger partial charge on any atom is 0.225 e. The van der Waals surface area contributed by atoms with E-state index in [2.05, 4.69) is 22.3 Å². The summed E-state index contributed by atoms with van der Waals surface area (Å²) in [5.41, 5.74) is 9.97. The molecule has 33 heavy (non-hydrogen) atoms. The van der Waals surface area contributed by atoms with Gasteiger partial charge in [0, 0.05) is 23.7 Å². The van der Waals surface area contributed by atoms with Crippen molar-refractivity contribution in [2.75, 3.05) is 37.2 Å². The topological polar surface area (TPSA) is 84.9 Å². The number of nitrogen functional groups attached to an aromatic ring is 1. The van der Waals surface area contributed by atoms with E-state index in [4.69, 9.17) is 32.4 Å². The molecule has 0 unspecified atom stereocenters. The Kier molecular flexibility index (Phi) is 6.41. The molecule has 0 radical (unpaired) electrons. The summed E-state index contributed by atoms with van der Waals surface area (Å²) in [6.07, 6.45) is 3.89. The van der Waals surface area contributed by atoms with Crippen molar-refractivity contribution in [3.63, 3.8) is 0 Å². The van der Waals surface area contributed by atoms with Gasteiger partial charge in [0.05, 0.1) is 17.6 Å². The van der Waals surface area contributed by atoms with Crippen LogP contribution in [0.1, 0.15) is 24.8 Å². The second-order valence-electron chi connectivity index (χ2n) is 8.46. The molecule has 0 amide bonds. The lowest BCUT2D eigenvalue weighted by Crippen LogP contribution is -2.33. The first-order valence-electron chi connectivity index (χ1n) is 11.5. The fourth-order valence-corrected chi connectivity index (χ4v) is 4.46. The summed E-state index contributed by atoms with van der Waals surface area (Å²) >= 11 is 6.13. The molecule has 170 valence electrons. The molecule has 2 aromatic carbocycles. The van der Waals surface area contributed by atoms with Gasteiger partial charge in [-0.05, 0) is 43.6 Å². The Labute approximate surface area is 198 Å². The molecule has 8 heteroatoms. The van der Waals surface area contributed by atoms with Crippen LogP contribution in [0.5, 0.6) is 0 Å². The second-order valence-corrected chi connectivity index (χ2v) is 8.90. The predicted octanol–water partition coefficient (Wildman–Crippen LogP) is 4.68. The van der Waals surface area contributed by atoms with Crippen molar-refractivity contribution in [3.8, 4) is 11.3 Å². The first kappa shape index (κ1) is 21.7. The first-order chi connectivity index (χ1) is 16.2. The van der Waals surface area contributed by atoms with Crippen molar-refractivity contribution in [3.05, 3.63) is 65.2 Å². The van der Waals surface area contributed by atoms with Crippen LogP contribution in [0.25, 0.3) is 22.3 Å². The number of likely N-dealkylation sites (tertiary alicyclic amines) is 1. The number of hydrogen-bond acceptors (Lipinski definition) is 6. The van der Waals surface area contributed by atoms with E-state index in [1.165, 1.54) is 19.3 Å². The van der Waals surface area contributed by atoms with Gasteiger partial charge in [-0.25, -0.2) is 9.67 Å². The standard InChI is InChI=1S/C25H28ClN7/c26-20-11-9-19(10-12-20)22-21-23(27)33(17-18-7-3-1-4-8-18)31-24(21)30-25(29-22)28-13-16-32-14-5-2-6-15-32/h1,3-4,7-12H,2,5-6,13-17,27H2,(H,28,30,31). The van der Waals surface area contributed by atoms with E-state index in [9.17, 15) is 0 Å². The zero-order chi connectivity index (χ0) is 22.6. The highest BCUT2D eigenvalue weighted by molar-refractivity contribution is 6.30. The Morgan fingerprint density at radius 3 is 2.45 bits per heavy atom. The van der Waals surface area contributed by atoms with Crippen LogP contribution in [0, 0.1) is 0 Å². The quantitative estimate of drug-likeness (QED) is 0.416. The summed E-state index contributed by atoms with van der Waals surface area (Å²) in [5.74, 6) is 1.12. The van der Waals surface area contributed by atoms with Crippen LogP contribution in [-0.4, -0.2) is 50.8 Å². The average Bonchev–Trinajstić information content (AvgIpc) is 3.15. The highest BCUT2D eigenvalue weighted by atomic mass is 35.5. The van der Waals surface area contributed by atoms with Gasteiger partial charge < -0.3 is 16.0 Å². The minimum absolute atomic E-state index is 0.554. The highest BCUT2D eigenvalue weighted by Gasteiger charge is 2.19. The molecule has 7 nitrogen and oxygen atoms in total. The fourth-order valence-electron chi connectivity index (χ4n) is 4.34. The Hall–Kier alpha value is -3.16. The molecule has 2 aromatic heterocycles. The summed E-state index contributed by atoms with van der Waals surface area (Å²) in [7, 11) is 0. The number of rotatable bonds is 7. The molecule has 1 fully saturated rings. The fraction of sp³-hybridized carbons (Fsp3) is 0.320. The number of nitrogens with two attached hydrogens (primary N) is 1. The third-order valence-corrected chi connectivity index (χ3v) is 6.34. The molecular formula is C25H28ClN7. The van der Waals surface area contributed by atoms with Crippen molar-refractivity contribution >= 4 is 34.4 Å². The van der Waals surface area contributed by atoms with E-state index in [1.807, 2.05) is 42.5 Å². The van der Waals surface area contributed by atoms with Crippen LogP contribution in [0.4, 0.5) is 11.8 Å². The van der Waals surface area contributed by atoms with Gasteiger partial charge in [-0.2, -0.15) is 4.98 Å². The van der Waals surface area contributed by atoms with Crippen molar-refractivity contribution < 1.29 is 0 Å². The van der Waals surface area contributed by atoms with Crippen LogP contribution in [-0.2, 0) is 6.54 Å². The molecular weight excluding hydrogens is 434 g/mol. The molecule has 3 N–H and O–H groups in total. The molecule has 0 bridgehead atoms. The third-order valence-electron chi connectivity index (χ3n) is 6.09. The average molecular weight is 462 g/mol. The molecule has 0 saturated carbocycles. The summed E-state index contributed by atoms with van der Waals surface area (Å²) in [4.78, 5) is 12.0. The number of aromatic nitrogens is 4. The summed E-state index contributed by atoms with van der Waals surface area (Å²) in [6.45, 7) is 4.66. The van der Waals surface area contributed by atoms with Gasteiger partial charge in [0.15, 0.2) is 5.65 Å². The number of hydrogen-bond donors (Lipinski definition) is 2. The van der Waals surface area contributed by atoms with Crippen LogP contribution in [0.3, 0.4) is 0 Å². The summed E-state index contributed by atoms with van der Waals surface area (Å²) in [5, 5.41) is 9.57. The van der Waals surface area contributed by atoms with Crippen LogP contribution in [0.15, 0.2) is 54.6 Å². The van der Waals surface area contributed by atoms with E-state index in [1.54, 1.807) is 4.68 Å². The Bertz CT molecular complexity index is 1220. The Morgan fingerprint density at radius 1 is 0.939 bits per heavy atom.